The lowest BCUT2D eigenvalue weighted by Gasteiger charge is -2.22. The van der Waals surface area contributed by atoms with Crippen molar-refractivity contribution in [1.82, 2.24) is 5.32 Å². The van der Waals surface area contributed by atoms with E-state index in [1.807, 2.05) is 0 Å². The van der Waals surface area contributed by atoms with Gasteiger partial charge in [-0.15, -0.1) is 0 Å². The summed E-state index contributed by atoms with van der Waals surface area (Å²) in [5.41, 5.74) is 0. The summed E-state index contributed by atoms with van der Waals surface area (Å²) in [5, 5.41) is 23.4. The van der Waals surface area contributed by atoms with E-state index in [1.54, 1.807) is 0 Å². The Hall–Kier alpha value is -1.66. The molecular weight excluding hydrogens is 1050 g/mol. The van der Waals surface area contributed by atoms with Crippen LogP contribution in [0.4, 0.5) is 0 Å². The van der Waals surface area contributed by atoms with E-state index in [4.69, 9.17) is 4.74 Å². The number of ether oxygens (including phenoxy) is 1. The highest BCUT2D eigenvalue weighted by atomic mass is 16.5. The first kappa shape index (κ1) is 84.3. The molecule has 0 aliphatic carbocycles. The summed E-state index contributed by atoms with van der Waals surface area (Å²) in [6, 6.07) is -0.537. The van der Waals surface area contributed by atoms with Gasteiger partial charge in [-0.05, 0) is 51.4 Å². The fraction of sp³-hybridized carbons (Fsp3) is 0.925. The average Bonchev–Trinajstić information content (AvgIpc) is 3.55. The number of aliphatic hydroxyl groups is 2. The number of allylic oxidation sites excluding steroid dienone is 4. The highest BCUT2D eigenvalue weighted by molar-refractivity contribution is 5.76. The summed E-state index contributed by atoms with van der Waals surface area (Å²) < 4.78 is 5.48. The van der Waals surface area contributed by atoms with Crippen LogP contribution in [-0.4, -0.2) is 47.4 Å². The van der Waals surface area contributed by atoms with E-state index in [1.165, 1.54) is 366 Å². The summed E-state index contributed by atoms with van der Waals surface area (Å²) in [7, 11) is 0. The van der Waals surface area contributed by atoms with E-state index in [-0.39, 0.29) is 18.5 Å². The maximum atomic E-state index is 12.6. The van der Waals surface area contributed by atoms with Crippen molar-refractivity contribution in [3.05, 3.63) is 24.3 Å². The zero-order valence-electron chi connectivity index (χ0n) is 58.6. The van der Waals surface area contributed by atoms with Gasteiger partial charge >= 0.3 is 5.97 Å². The third-order valence-electron chi connectivity index (χ3n) is 18.7. The van der Waals surface area contributed by atoms with Gasteiger partial charge in [0.1, 0.15) is 0 Å². The van der Waals surface area contributed by atoms with Gasteiger partial charge in [-0.1, -0.05) is 411 Å². The third kappa shape index (κ3) is 71.4. The number of carbonyl (C=O) groups is 2. The molecule has 0 aliphatic rings. The van der Waals surface area contributed by atoms with Crippen molar-refractivity contribution in [3.8, 4) is 0 Å². The maximum absolute atomic E-state index is 12.6. The van der Waals surface area contributed by atoms with Crippen LogP contribution in [0.15, 0.2) is 24.3 Å². The number of aliphatic hydroxyl groups excluding tert-OH is 2. The van der Waals surface area contributed by atoms with Crippen LogP contribution in [0.5, 0.6) is 0 Å². The third-order valence-corrected chi connectivity index (χ3v) is 18.7. The minimum absolute atomic E-state index is 0.00867. The van der Waals surface area contributed by atoms with Crippen molar-refractivity contribution in [2.24, 2.45) is 0 Å². The van der Waals surface area contributed by atoms with Gasteiger partial charge in [0.25, 0.3) is 0 Å². The SMILES string of the molecule is CCC/C=C\C/C=C\CCCCCCCC(=O)OCCCCCCCCCCCCCCCCCCCCCCCCCCCCCCCCCCCCCCCC(=O)NC(CO)C(O)CCCCCCCCCCCCCCCCCCCCC. The van der Waals surface area contributed by atoms with E-state index < -0.39 is 12.1 Å². The number of carbonyl (C=O) groups excluding carboxylic acids is 2. The Balaban J connectivity index is 3.30. The Kier molecular flexibility index (Phi) is 74.3. The van der Waals surface area contributed by atoms with Crippen LogP contribution >= 0.6 is 0 Å². The first-order valence-electron chi connectivity index (χ1n) is 39.6. The van der Waals surface area contributed by atoms with Gasteiger partial charge in [-0.2, -0.15) is 0 Å². The van der Waals surface area contributed by atoms with Crippen molar-refractivity contribution < 1.29 is 24.5 Å². The first-order chi connectivity index (χ1) is 42.5. The second-order valence-corrected chi connectivity index (χ2v) is 27.4. The van der Waals surface area contributed by atoms with Gasteiger partial charge in [0.15, 0.2) is 0 Å². The van der Waals surface area contributed by atoms with Crippen LogP contribution < -0.4 is 5.32 Å². The monoisotopic (exact) mass is 1210 g/mol. The van der Waals surface area contributed by atoms with Crippen molar-refractivity contribution in [2.45, 2.75) is 463 Å². The summed E-state index contributed by atoms with van der Waals surface area (Å²) in [5.74, 6) is -0.0156. The molecule has 0 saturated heterocycles. The summed E-state index contributed by atoms with van der Waals surface area (Å²) in [4.78, 5) is 24.6. The van der Waals surface area contributed by atoms with Crippen LogP contribution in [-0.2, 0) is 14.3 Å². The number of esters is 1. The summed E-state index contributed by atoms with van der Waals surface area (Å²) in [6.07, 6.45) is 97.1. The Labute approximate surface area is 539 Å². The van der Waals surface area contributed by atoms with E-state index in [9.17, 15) is 19.8 Å². The molecule has 0 rings (SSSR count). The maximum Gasteiger partial charge on any atom is 0.305 e. The normalized spacial score (nSPS) is 12.6. The zero-order valence-corrected chi connectivity index (χ0v) is 58.6. The Morgan fingerprint density at radius 1 is 0.326 bits per heavy atom. The van der Waals surface area contributed by atoms with Crippen molar-refractivity contribution in [3.63, 3.8) is 0 Å². The van der Waals surface area contributed by atoms with Crippen LogP contribution in [0.25, 0.3) is 0 Å². The molecule has 0 aromatic heterocycles. The summed E-state index contributed by atoms with van der Waals surface area (Å²) >= 11 is 0. The first-order valence-corrected chi connectivity index (χ1v) is 39.6. The average molecular weight is 1210 g/mol. The van der Waals surface area contributed by atoms with Crippen LogP contribution in [0.2, 0.25) is 0 Å². The molecule has 0 fully saturated rings. The van der Waals surface area contributed by atoms with E-state index in [0.717, 1.165) is 51.4 Å². The number of unbranched alkanes of at least 4 members (excludes halogenated alkanes) is 60. The fourth-order valence-electron chi connectivity index (χ4n) is 12.7. The molecule has 6 nitrogen and oxygen atoms in total. The molecule has 2 atom stereocenters. The molecule has 6 heteroatoms. The van der Waals surface area contributed by atoms with Gasteiger partial charge in [0.2, 0.25) is 5.91 Å². The number of amides is 1. The number of hydrogen-bond acceptors (Lipinski definition) is 5. The van der Waals surface area contributed by atoms with Gasteiger partial charge in [0, 0.05) is 12.8 Å². The Morgan fingerprint density at radius 3 is 0.930 bits per heavy atom. The molecule has 2 unspecified atom stereocenters. The molecule has 3 N–H and O–H groups in total. The quantitative estimate of drug-likeness (QED) is 0.0320. The Morgan fingerprint density at radius 2 is 0.605 bits per heavy atom. The molecule has 0 aromatic rings. The van der Waals surface area contributed by atoms with E-state index >= 15 is 0 Å². The van der Waals surface area contributed by atoms with Crippen LogP contribution in [0.3, 0.4) is 0 Å². The van der Waals surface area contributed by atoms with Gasteiger partial charge in [0.05, 0.1) is 25.4 Å². The van der Waals surface area contributed by atoms with Crippen LogP contribution in [0, 0.1) is 0 Å². The van der Waals surface area contributed by atoms with Gasteiger partial charge in [-0.3, -0.25) is 9.59 Å². The van der Waals surface area contributed by atoms with Crippen molar-refractivity contribution in [2.75, 3.05) is 13.2 Å². The molecule has 0 heterocycles. The largest absolute Gasteiger partial charge is 0.466 e. The lowest BCUT2D eigenvalue weighted by Crippen LogP contribution is -2.45. The smallest absolute Gasteiger partial charge is 0.305 e. The highest BCUT2D eigenvalue weighted by Gasteiger charge is 2.20. The second-order valence-electron chi connectivity index (χ2n) is 27.4. The van der Waals surface area contributed by atoms with Gasteiger partial charge < -0.3 is 20.3 Å². The van der Waals surface area contributed by atoms with E-state index in [0.29, 0.717) is 25.9 Å². The molecule has 0 radical (unpaired) electrons. The molecule has 0 spiro atoms. The van der Waals surface area contributed by atoms with E-state index in [2.05, 4.69) is 43.5 Å². The lowest BCUT2D eigenvalue weighted by molar-refractivity contribution is -0.143. The Bertz CT molecular complexity index is 1350. The highest BCUT2D eigenvalue weighted by Crippen LogP contribution is 2.20. The molecule has 0 bridgehead atoms. The van der Waals surface area contributed by atoms with Crippen LogP contribution in [0.1, 0.15) is 450 Å². The molecule has 0 aromatic carbocycles. The number of rotatable bonds is 75. The lowest BCUT2D eigenvalue weighted by atomic mass is 10.0. The zero-order chi connectivity index (χ0) is 62.0. The van der Waals surface area contributed by atoms with Crippen molar-refractivity contribution >= 4 is 11.9 Å². The standard InChI is InChI=1S/C80H155NO5/c1-3-5-7-9-11-13-15-17-18-19-39-42-45-49-52-56-60-64-68-72-78(83)77(76-82)81-79(84)73-69-65-61-57-53-50-46-43-40-37-35-33-31-29-27-25-23-21-20-22-24-26-28-30-32-34-36-38-41-44-47-51-55-59-63-67-71-75-86-80(85)74-70-66-62-58-54-48-16-14-12-10-8-6-4-2/h8,10,14,16,77-78,82-83H,3-7,9,11-13,15,17-76H2,1-2H3,(H,81,84)/b10-8-,16-14-. The molecule has 510 valence electrons. The molecule has 0 saturated carbocycles. The molecule has 86 heavy (non-hydrogen) atoms. The number of hydrogen-bond donors (Lipinski definition) is 3. The predicted molar refractivity (Wildman–Crippen MR) is 380 cm³/mol. The molecule has 0 aliphatic heterocycles. The molecular formula is C80H155NO5. The fourth-order valence-corrected chi connectivity index (χ4v) is 12.7. The summed E-state index contributed by atoms with van der Waals surface area (Å²) in [6.45, 7) is 4.93. The van der Waals surface area contributed by atoms with Crippen molar-refractivity contribution in [1.29, 1.82) is 0 Å². The predicted octanol–water partition coefficient (Wildman–Crippen LogP) is 26.0. The van der Waals surface area contributed by atoms with Gasteiger partial charge in [-0.25, -0.2) is 0 Å². The minimum Gasteiger partial charge on any atom is -0.466 e. The number of nitrogens with one attached hydrogen (secondary N) is 1. The molecule has 1 amide bonds. The topological polar surface area (TPSA) is 95.9 Å². The second kappa shape index (κ2) is 75.8. The minimum atomic E-state index is -0.660.